The molecule has 6 N–H and O–H groups in total. The minimum absolute atomic E-state index is 0.0649. The molecule has 0 saturated carbocycles. The van der Waals surface area contributed by atoms with Gasteiger partial charge in [0.25, 0.3) is 0 Å². The molecule has 2 heterocycles. The van der Waals surface area contributed by atoms with Crippen molar-refractivity contribution in [2.24, 2.45) is 11.5 Å². The molecule has 0 aliphatic carbocycles. The lowest BCUT2D eigenvalue weighted by Gasteiger charge is -2.12. The van der Waals surface area contributed by atoms with Gasteiger partial charge >= 0.3 is 0 Å². The average Bonchev–Trinajstić information content (AvgIpc) is 2.88. The van der Waals surface area contributed by atoms with Crippen molar-refractivity contribution in [3.8, 4) is 0 Å². The molecule has 1 fully saturated rings. The highest BCUT2D eigenvalue weighted by Gasteiger charge is 2.27. The lowest BCUT2D eigenvalue weighted by molar-refractivity contribution is 0.533. The number of nitrogens with one attached hydrogen (secondary N) is 2. The summed E-state index contributed by atoms with van der Waals surface area (Å²) in [7, 11) is 0. The van der Waals surface area contributed by atoms with Gasteiger partial charge in [0.2, 0.25) is 0 Å². The predicted octanol–water partition coefficient (Wildman–Crippen LogP) is 0.888. The van der Waals surface area contributed by atoms with E-state index >= 15 is 0 Å². The van der Waals surface area contributed by atoms with Gasteiger partial charge in [-0.15, -0.1) is 0 Å². The van der Waals surface area contributed by atoms with Crippen LogP contribution < -0.4 is 22.1 Å². The minimum atomic E-state index is -0.0740. The Morgan fingerprint density at radius 3 is 2.48 bits per heavy atom. The fourth-order valence-electron chi connectivity index (χ4n) is 3.00. The third-order valence-electron chi connectivity index (χ3n) is 4.31. The summed E-state index contributed by atoms with van der Waals surface area (Å²) in [6, 6.07) is 15.1. The zero-order valence-corrected chi connectivity index (χ0v) is 13.3. The molecule has 1 aliphatic rings. The van der Waals surface area contributed by atoms with Crippen LogP contribution >= 0.6 is 0 Å². The van der Waals surface area contributed by atoms with E-state index in [1.54, 1.807) is 0 Å². The molecule has 0 spiro atoms. The van der Waals surface area contributed by atoms with Crippen molar-refractivity contribution < 1.29 is 0 Å². The summed E-state index contributed by atoms with van der Waals surface area (Å²) in [6.07, 6.45) is 3.66. The van der Waals surface area contributed by atoms with Gasteiger partial charge in [0.1, 0.15) is 0 Å². The number of nitrogens with zero attached hydrogens (tertiary/aromatic N) is 1. The Labute approximate surface area is 137 Å². The van der Waals surface area contributed by atoms with E-state index in [9.17, 15) is 0 Å². The summed E-state index contributed by atoms with van der Waals surface area (Å²) in [5.74, 6) is 0. The van der Waals surface area contributed by atoms with Gasteiger partial charge in [-0.1, -0.05) is 30.3 Å². The van der Waals surface area contributed by atoms with Gasteiger partial charge in [0.05, 0.1) is 11.9 Å². The van der Waals surface area contributed by atoms with Crippen LogP contribution in [0.1, 0.15) is 23.2 Å². The maximum absolute atomic E-state index is 5.95. The molecule has 1 aliphatic heterocycles. The van der Waals surface area contributed by atoms with Crippen molar-refractivity contribution in [1.82, 2.24) is 15.6 Å². The molecule has 3 rings (SSSR count). The zero-order valence-electron chi connectivity index (χ0n) is 13.3. The number of pyridine rings is 1. The van der Waals surface area contributed by atoms with Crippen molar-refractivity contribution >= 4 is 0 Å². The Balaban J connectivity index is 1.46. The van der Waals surface area contributed by atoms with Gasteiger partial charge in [-0.3, -0.25) is 10.3 Å². The fourth-order valence-corrected chi connectivity index (χ4v) is 3.00. The van der Waals surface area contributed by atoms with Crippen molar-refractivity contribution in [3.05, 3.63) is 65.5 Å². The second-order valence-corrected chi connectivity index (χ2v) is 6.23. The summed E-state index contributed by atoms with van der Waals surface area (Å²) in [5.41, 5.74) is 15.5. The van der Waals surface area contributed by atoms with E-state index in [4.69, 9.17) is 11.5 Å². The van der Waals surface area contributed by atoms with Gasteiger partial charge < -0.3 is 16.8 Å². The maximum atomic E-state index is 5.95. The van der Waals surface area contributed by atoms with Crippen molar-refractivity contribution in [3.63, 3.8) is 0 Å². The first kappa shape index (κ1) is 16.1. The molecule has 1 aromatic heterocycles. The third-order valence-corrected chi connectivity index (χ3v) is 4.31. The number of hydrogen-bond donors (Lipinski definition) is 4. The highest BCUT2D eigenvalue weighted by molar-refractivity contribution is 5.23. The van der Waals surface area contributed by atoms with E-state index in [-0.39, 0.29) is 12.2 Å². The van der Waals surface area contributed by atoms with Crippen molar-refractivity contribution in [1.29, 1.82) is 0 Å². The first-order chi connectivity index (χ1) is 11.2. The van der Waals surface area contributed by atoms with Gasteiger partial charge in [-0.2, -0.15) is 0 Å². The van der Waals surface area contributed by atoms with Crippen LogP contribution in [0.3, 0.4) is 0 Å². The smallest absolute Gasteiger partial charge is 0.0705 e. The summed E-state index contributed by atoms with van der Waals surface area (Å²) in [6.45, 7) is 1.62. The molecular formula is C18H25N5. The van der Waals surface area contributed by atoms with E-state index in [1.807, 2.05) is 24.4 Å². The van der Waals surface area contributed by atoms with Crippen molar-refractivity contribution in [2.75, 3.05) is 0 Å². The summed E-state index contributed by atoms with van der Waals surface area (Å²) >= 11 is 0. The molecular weight excluding hydrogens is 286 g/mol. The first-order valence-corrected chi connectivity index (χ1v) is 8.16. The number of hydrogen-bond acceptors (Lipinski definition) is 5. The van der Waals surface area contributed by atoms with Crippen LogP contribution in [0.25, 0.3) is 0 Å². The standard InChI is InChI=1S/C18H25N5/c19-17-10-16(23-18(17)20)9-13-4-6-14(7-5-13)11-21-12-15-3-1-2-8-22-15/h1-8,16-18,21,23H,9-12,19-20H2. The second-order valence-electron chi connectivity index (χ2n) is 6.23. The summed E-state index contributed by atoms with van der Waals surface area (Å²) < 4.78 is 0. The second kappa shape index (κ2) is 7.66. The molecule has 1 aromatic carbocycles. The molecule has 3 unspecified atom stereocenters. The molecule has 0 bridgehead atoms. The highest BCUT2D eigenvalue weighted by Crippen LogP contribution is 2.14. The van der Waals surface area contributed by atoms with Crippen LogP contribution in [-0.4, -0.2) is 23.2 Å². The minimum Gasteiger partial charge on any atom is -0.325 e. The number of benzene rings is 1. The average molecular weight is 311 g/mol. The lowest BCUT2D eigenvalue weighted by Crippen LogP contribution is -2.44. The molecule has 0 amide bonds. The van der Waals surface area contributed by atoms with Crippen molar-refractivity contribution in [2.45, 2.75) is 44.2 Å². The quantitative estimate of drug-likeness (QED) is 0.636. The van der Waals surface area contributed by atoms with E-state index in [2.05, 4.69) is 39.9 Å². The van der Waals surface area contributed by atoms with Gasteiger partial charge in [0, 0.05) is 31.4 Å². The zero-order chi connectivity index (χ0) is 16.1. The third kappa shape index (κ3) is 4.59. The van der Waals surface area contributed by atoms with Gasteiger partial charge in [-0.25, -0.2) is 0 Å². The summed E-state index contributed by atoms with van der Waals surface area (Å²) in [5, 5.41) is 6.77. The fraction of sp³-hybridized carbons (Fsp3) is 0.389. The van der Waals surface area contributed by atoms with Crippen LogP contribution in [-0.2, 0) is 19.5 Å². The normalized spacial score (nSPS) is 24.0. The van der Waals surface area contributed by atoms with Crippen LogP contribution in [0.4, 0.5) is 0 Å². The Hall–Kier alpha value is -1.79. The lowest BCUT2D eigenvalue weighted by atomic mass is 10.0. The Kier molecular flexibility index (Phi) is 5.35. The van der Waals surface area contributed by atoms with Crippen LogP contribution in [0.2, 0.25) is 0 Å². The molecule has 2 aromatic rings. The summed E-state index contributed by atoms with van der Waals surface area (Å²) in [4.78, 5) is 4.30. The molecule has 1 saturated heterocycles. The molecule has 5 heteroatoms. The monoisotopic (exact) mass is 311 g/mol. The highest BCUT2D eigenvalue weighted by atomic mass is 15.1. The number of aromatic nitrogens is 1. The van der Waals surface area contributed by atoms with E-state index in [0.717, 1.165) is 31.6 Å². The molecule has 23 heavy (non-hydrogen) atoms. The SMILES string of the molecule is NC1CC(Cc2ccc(CNCc3ccccn3)cc2)NC1N. The van der Waals surface area contributed by atoms with Crippen LogP contribution in [0.15, 0.2) is 48.7 Å². The molecule has 0 radical (unpaired) electrons. The predicted molar refractivity (Wildman–Crippen MR) is 92.4 cm³/mol. The maximum Gasteiger partial charge on any atom is 0.0705 e. The Bertz CT molecular complexity index is 589. The van der Waals surface area contributed by atoms with Crippen LogP contribution in [0, 0.1) is 0 Å². The number of rotatable bonds is 6. The number of nitrogens with two attached hydrogens (primary N) is 2. The molecule has 3 atom stereocenters. The Morgan fingerprint density at radius 1 is 1.04 bits per heavy atom. The van der Waals surface area contributed by atoms with Gasteiger partial charge in [0.15, 0.2) is 0 Å². The van der Waals surface area contributed by atoms with E-state index in [1.165, 1.54) is 11.1 Å². The first-order valence-electron chi connectivity index (χ1n) is 8.16. The van der Waals surface area contributed by atoms with E-state index in [0.29, 0.717) is 6.04 Å². The molecule has 122 valence electrons. The largest absolute Gasteiger partial charge is 0.325 e. The van der Waals surface area contributed by atoms with Gasteiger partial charge in [-0.05, 0) is 36.1 Å². The topological polar surface area (TPSA) is 89.0 Å². The van der Waals surface area contributed by atoms with E-state index < -0.39 is 0 Å². The van der Waals surface area contributed by atoms with Crippen LogP contribution in [0.5, 0.6) is 0 Å². The Morgan fingerprint density at radius 2 is 1.83 bits per heavy atom. The molecule has 5 nitrogen and oxygen atoms in total.